The van der Waals surface area contributed by atoms with E-state index in [4.69, 9.17) is 0 Å². The van der Waals surface area contributed by atoms with E-state index < -0.39 is 0 Å². The highest BCUT2D eigenvalue weighted by atomic mass is 15.1. The van der Waals surface area contributed by atoms with Crippen molar-refractivity contribution in [3.63, 3.8) is 0 Å². The van der Waals surface area contributed by atoms with Gasteiger partial charge in [-0.05, 0) is 93.6 Å². The van der Waals surface area contributed by atoms with E-state index in [2.05, 4.69) is 55.1 Å². The van der Waals surface area contributed by atoms with Crippen LogP contribution in [0.3, 0.4) is 0 Å². The first-order valence-corrected chi connectivity index (χ1v) is 10.6. The summed E-state index contributed by atoms with van der Waals surface area (Å²) in [6.45, 7) is 22.5. The molecule has 152 valence electrons. The van der Waals surface area contributed by atoms with Gasteiger partial charge in [-0.15, -0.1) is 6.58 Å². The number of fused-ring (bicyclic) bond motifs is 15. The maximum atomic E-state index is 3.97. The zero-order valence-corrected chi connectivity index (χ0v) is 18.0. The largest absolute Gasteiger partial charge is 0.315 e. The third-order valence-electron chi connectivity index (χ3n) is 6.02. The van der Waals surface area contributed by atoms with Crippen LogP contribution in [0.5, 0.6) is 0 Å². The van der Waals surface area contributed by atoms with Crippen LogP contribution < -0.4 is 16.0 Å². The average Bonchev–Trinajstić information content (AvgIpc) is 2.66. The van der Waals surface area contributed by atoms with Crippen LogP contribution in [0.1, 0.15) is 46.2 Å². The Labute approximate surface area is 166 Å². The van der Waals surface area contributed by atoms with E-state index in [0.717, 1.165) is 58.9 Å². The fraction of sp³-hybridized carbons (Fsp3) is 0.652. The van der Waals surface area contributed by atoms with Gasteiger partial charge in [0, 0.05) is 39.3 Å². The second kappa shape index (κ2) is 11.6. The minimum absolute atomic E-state index is 0.946. The van der Waals surface area contributed by atoms with Gasteiger partial charge >= 0.3 is 0 Å². The highest BCUT2D eigenvalue weighted by Crippen LogP contribution is 2.28. The second-order valence-electron chi connectivity index (χ2n) is 7.86. The predicted molar refractivity (Wildman–Crippen MR) is 118 cm³/mol. The third kappa shape index (κ3) is 6.42. The van der Waals surface area contributed by atoms with Crippen molar-refractivity contribution in [2.75, 3.05) is 45.8 Å². The summed E-state index contributed by atoms with van der Waals surface area (Å²) in [7, 11) is 0. The molecular formula is C23H40N4. The van der Waals surface area contributed by atoms with E-state index >= 15 is 0 Å². The van der Waals surface area contributed by atoms with E-state index in [9.17, 15) is 0 Å². The number of rotatable bonds is 2. The molecule has 3 rings (SSSR count). The smallest absolute Gasteiger partial charge is 0.0242 e. The highest BCUT2D eigenvalue weighted by molar-refractivity contribution is 5.50. The van der Waals surface area contributed by atoms with Crippen LogP contribution in [0.4, 0.5) is 0 Å². The molecule has 0 atom stereocenters. The summed E-state index contributed by atoms with van der Waals surface area (Å²) in [4.78, 5) is 2.53. The number of benzene rings is 1. The number of hydrogen-bond acceptors (Lipinski definition) is 4. The molecule has 0 amide bonds. The summed E-state index contributed by atoms with van der Waals surface area (Å²) < 4.78 is 0. The summed E-state index contributed by atoms with van der Waals surface area (Å²) in [5, 5.41) is 10.7. The Morgan fingerprint density at radius 3 is 1.96 bits per heavy atom. The quantitative estimate of drug-likeness (QED) is 0.698. The lowest BCUT2D eigenvalue weighted by Crippen LogP contribution is -2.32. The lowest BCUT2D eigenvalue weighted by Gasteiger charge is -2.26. The molecule has 4 nitrogen and oxygen atoms in total. The molecular weight excluding hydrogens is 332 g/mol. The fourth-order valence-corrected chi connectivity index (χ4v) is 4.02. The Morgan fingerprint density at radius 1 is 0.778 bits per heavy atom. The molecule has 2 aliphatic heterocycles. The van der Waals surface area contributed by atoms with Crippen molar-refractivity contribution < 1.29 is 0 Å². The van der Waals surface area contributed by atoms with Gasteiger partial charge in [-0.3, -0.25) is 4.90 Å². The van der Waals surface area contributed by atoms with Gasteiger partial charge < -0.3 is 16.0 Å². The molecule has 0 spiro atoms. The minimum Gasteiger partial charge on any atom is -0.315 e. The molecule has 0 saturated carbocycles. The van der Waals surface area contributed by atoms with E-state index in [1.165, 1.54) is 46.2 Å². The monoisotopic (exact) mass is 372 g/mol. The zero-order chi connectivity index (χ0) is 19.6. The van der Waals surface area contributed by atoms with E-state index in [1.807, 2.05) is 6.08 Å². The number of nitrogens with zero attached hydrogens (tertiary/aromatic N) is 1. The van der Waals surface area contributed by atoms with Crippen LogP contribution >= 0.6 is 0 Å². The van der Waals surface area contributed by atoms with Crippen molar-refractivity contribution in [2.45, 2.75) is 53.6 Å². The summed E-state index contributed by atoms with van der Waals surface area (Å²) in [5.74, 6) is 0. The molecule has 0 saturated heterocycles. The standard InChI is InChI=1S/C23H40N4/c1-6-14-27-15-8-11-25-13-12-24-9-7-10-26-16-22-18(2)20(4)23(17-27)21(5)19(22)3/h6,24-26H,1,7-17H2,2-5H3. The Hall–Kier alpha value is -1.20. The van der Waals surface area contributed by atoms with Gasteiger partial charge in [0.2, 0.25) is 0 Å². The Morgan fingerprint density at radius 2 is 1.33 bits per heavy atom. The third-order valence-corrected chi connectivity index (χ3v) is 6.02. The Balaban J connectivity index is 2.24. The number of nitrogens with one attached hydrogen (secondary N) is 3. The molecule has 2 bridgehead atoms. The fourth-order valence-electron chi connectivity index (χ4n) is 4.02. The van der Waals surface area contributed by atoms with Crippen LogP contribution in [-0.4, -0.2) is 50.7 Å². The molecule has 1 aromatic carbocycles. The van der Waals surface area contributed by atoms with Crippen molar-refractivity contribution in [1.82, 2.24) is 20.9 Å². The van der Waals surface area contributed by atoms with Gasteiger partial charge in [0.05, 0.1) is 0 Å². The lowest BCUT2D eigenvalue weighted by molar-refractivity contribution is 0.287. The molecule has 27 heavy (non-hydrogen) atoms. The molecule has 0 aliphatic carbocycles. The molecule has 2 aliphatic rings. The SMILES string of the molecule is C=CCN1CCCNCCNCCCNCc2c(C)c(C)c(c(C)c2C)C1. The average molecular weight is 373 g/mol. The van der Waals surface area contributed by atoms with Gasteiger partial charge in [0.25, 0.3) is 0 Å². The van der Waals surface area contributed by atoms with Gasteiger partial charge in [0.15, 0.2) is 0 Å². The van der Waals surface area contributed by atoms with Crippen molar-refractivity contribution in [3.8, 4) is 0 Å². The Bertz CT molecular complexity index is 580. The molecule has 0 radical (unpaired) electrons. The number of hydrogen-bond donors (Lipinski definition) is 3. The highest BCUT2D eigenvalue weighted by Gasteiger charge is 2.16. The molecule has 4 heteroatoms. The topological polar surface area (TPSA) is 39.3 Å². The summed E-state index contributed by atoms with van der Waals surface area (Å²) in [6.07, 6.45) is 4.38. The summed E-state index contributed by atoms with van der Waals surface area (Å²) in [6, 6.07) is 0. The van der Waals surface area contributed by atoms with Crippen molar-refractivity contribution >= 4 is 0 Å². The van der Waals surface area contributed by atoms with Crippen LogP contribution in [0.15, 0.2) is 12.7 Å². The summed E-state index contributed by atoms with van der Waals surface area (Å²) >= 11 is 0. The second-order valence-corrected chi connectivity index (χ2v) is 7.86. The van der Waals surface area contributed by atoms with Crippen molar-refractivity contribution in [2.24, 2.45) is 0 Å². The first-order chi connectivity index (χ1) is 13.1. The first kappa shape index (κ1) is 22.1. The van der Waals surface area contributed by atoms with Gasteiger partial charge in [-0.1, -0.05) is 6.08 Å². The lowest BCUT2D eigenvalue weighted by atomic mass is 9.88. The van der Waals surface area contributed by atoms with Gasteiger partial charge in [-0.2, -0.15) is 0 Å². The van der Waals surface area contributed by atoms with Crippen LogP contribution in [0, 0.1) is 27.7 Å². The molecule has 0 fully saturated rings. The first-order valence-electron chi connectivity index (χ1n) is 10.6. The van der Waals surface area contributed by atoms with Gasteiger partial charge in [-0.25, -0.2) is 0 Å². The van der Waals surface area contributed by atoms with Gasteiger partial charge in [0.1, 0.15) is 0 Å². The molecule has 1 aromatic rings. The maximum Gasteiger partial charge on any atom is 0.0242 e. The molecule has 3 N–H and O–H groups in total. The zero-order valence-electron chi connectivity index (χ0n) is 18.0. The van der Waals surface area contributed by atoms with E-state index in [1.54, 1.807) is 0 Å². The predicted octanol–water partition coefficient (Wildman–Crippen LogP) is 2.97. The van der Waals surface area contributed by atoms with Crippen molar-refractivity contribution in [1.29, 1.82) is 0 Å². The minimum atomic E-state index is 0.946. The summed E-state index contributed by atoms with van der Waals surface area (Å²) in [5.41, 5.74) is 8.84. The Kier molecular flexibility index (Phi) is 9.49. The van der Waals surface area contributed by atoms with Crippen LogP contribution in [0.2, 0.25) is 0 Å². The van der Waals surface area contributed by atoms with E-state index in [-0.39, 0.29) is 0 Å². The van der Waals surface area contributed by atoms with E-state index in [0.29, 0.717) is 0 Å². The molecule has 0 unspecified atom stereocenters. The molecule has 2 heterocycles. The normalized spacial score (nSPS) is 18.8. The van der Waals surface area contributed by atoms with Crippen LogP contribution in [0.25, 0.3) is 0 Å². The maximum absolute atomic E-state index is 3.97. The van der Waals surface area contributed by atoms with Crippen molar-refractivity contribution in [3.05, 3.63) is 46.0 Å². The van der Waals surface area contributed by atoms with Crippen LogP contribution in [-0.2, 0) is 13.1 Å². The molecule has 0 aromatic heterocycles.